The lowest BCUT2D eigenvalue weighted by Crippen LogP contribution is -2.31. The zero-order valence-corrected chi connectivity index (χ0v) is 7.01. The minimum Gasteiger partial charge on any atom is -0.396 e. The number of amidine groups is 1. The van der Waals surface area contributed by atoms with Gasteiger partial charge in [0.05, 0.1) is 5.84 Å². The molecule has 1 heterocycles. The van der Waals surface area contributed by atoms with Crippen molar-refractivity contribution in [3.8, 4) is 0 Å². The Labute approximate surface area is 67.5 Å². The molecule has 0 fully saturated rings. The summed E-state index contributed by atoms with van der Waals surface area (Å²) in [4.78, 5) is 4.28. The highest BCUT2D eigenvalue weighted by Gasteiger charge is 2.08. The first-order valence-corrected chi connectivity index (χ1v) is 4.23. The highest BCUT2D eigenvalue weighted by atomic mass is 16.3. The van der Waals surface area contributed by atoms with Crippen LogP contribution in [-0.2, 0) is 0 Å². The van der Waals surface area contributed by atoms with Crippen LogP contribution in [0.1, 0.15) is 26.2 Å². The van der Waals surface area contributed by atoms with Crippen molar-refractivity contribution in [2.75, 3.05) is 13.2 Å². The van der Waals surface area contributed by atoms with E-state index in [-0.39, 0.29) is 6.61 Å². The maximum atomic E-state index is 8.63. The Balaban J connectivity index is 2.18. The summed E-state index contributed by atoms with van der Waals surface area (Å²) in [5.41, 5.74) is 0. The molecule has 1 rings (SSSR count). The Morgan fingerprint density at radius 3 is 3.09 bits per heavy atom. The molecule has 1 unspecified atom stereocenters. The highest BCUT2D eigenvalue weighted by Crippen LogP contribution is 2.02. The van der Waals surface area contributed by atoms with Crippen LogP contribution in [0.2, 0.25) is 0 Å². The fourth-order valence-corrected chi connectivity index (χ4v) is 1.21. The third-order valence-electron chi connectivity index (χ3n) is 1.85. The van der Waals surface area contributed by atoms with Crippen LogP contribution in [0.25, 0.3) is 0 Å². The molecule has 3 heteroatoms. The molecule has 0 amide bonds. The molecule has 1 aliphatic heterocycles. The van der Waals surface area contributed by atoms with Gasteiger partial charge in [-0.2, -0.15) is 0 Å². The fraction of sp³-hybridized carbons (Fsp3) is 0.875. The van der Waals surface area contributed by atoms with Crippen LogP contribution in [0.5, 0.6) is 0 Å². The number of aliphatic hydroxyl groups excluding tert-OH is 1. The van der Waals surface area contributed by atoms with Crippen molar-refractivity contribution < 1.29 is 5.11 Å². The normalized spacial score (nSPS) is 19.6. The van der Waals surface area contributed by atoms with Crippen LogP contribution in [-0.4, -0.2) is 30.1 Å². The lowest BCUT2D eigenvalue weighted by atomic mass is 10.2. The van der Waals surface area contributed by atoms with Gasteiger partial charge in [-0.25, -0.2) is 0 Å². The molecule has 0 aromatic rings. The molecule has 0 bridgehead atoms. The summed E-state index contributed by atoms with van der Waals surface area (Å²) in [6.45, 7) is 3.28. The van der Waals surface area contributed by atoms with Gasteiger partial charge in [-0.05, 0) is 19.8 Å². The quantitative estimate of drug-likeness (QED) is 0.626. The molecule has 64 valence electrons. The predicted molar refractivity (Wildman–Crippen MR) is 45.8 cm³/mol. The topological polar surface area (TPSA) is 44.6 Å². The second kappa shape index (κ2) is 4.34. The van der Waals surface area contributed by atoms with Crippen molar-refractivity contribution in [1.82, 2.24) is 5.32 Å². The molecular formula is C8H16N2O. The van der Waals surface area contributed by atoms with E-state index in [1.165, 1.54) is 6.42 Å². The van der Waals surface area contributed by atoms with Gasteiger partial charge in [-0.3, -0.25) is 4.99 Å². The summed E-state index contributed by atoms with van der Waals surface area (Å²) in [6.07, 6.45) is 3.06. The molecule has 1 aliphatic rings. The summed E-state index contributed by atoms with van der Waals surface area (Å²) in [7, 11) is 0. The smallest absolute Gasteiger partial charge is 0.0965 e. The van der Waals surface area contributed by atoms with E-state index in [2.05, 4.69) is 17.2 Å². The van der Waals surface area contributed by atoms with Gasteiger partial charge < -0.3 is 10.4 Å². The van der Waals surface area contributed by atoms with Gasteiger partial charge in [-0.1, -0.05) is 0 Å². The average molecular weight is 156 g/mol. The number of aliphatic imine (C=N–C) groups is 1. The minimum absolute atomic E-state index is 0.251. The standard InChI is InChI=1S/C8H16N2O/c1-7(4-6-11)10-8-3-2-5-9-8/h7,11H,2-6H2,1H3,(H,9,10). The van der Waals surface area contributed by atoms with E-state index < -0.39 is 0 Å². The van der Waals surface area contributed by atoms with Crippen LogP contribution in [0, 0.1) is 0 Å². The summed E-state index contributed by atoms with van der Waals surface area (Å²) < 4.78 is 0. The van der Waals surface area contributed by atoms with Crippen LogP contribution in [0.3, 0.4) is 0 Å². The van der Waals surface area contributed by atoms with Gasteiger partial charge >= 0.3 is 0 Å². The molecule has 0 aromatic carbocycles. The minimum atomic E-state index is 0.251. The van der Waals surface area contributed by atoms with E-state index in [4.69, 9.17) is 5.11 Å². The SMILES string of the molecule is CC(CCO)NC1=NCCC1. The molecule has 0 aliphatic carbocycles. The molecule has 2 N–H and O–H groups in total. The van der Waals surface area contributed by atoms with E-state index >= 15 is 0 Å². The van der Waals surface area contributed by atoms with Crippen molar-refractivity contribution >= 4 is 5.84 Å². The lowest BCUT2D eigenvalue weighted by Gasteiger charge is -2.12. The fourth-order valence-electron chi connectivity index (χ4n) is 1.21. The molecule has 3 nitrogen and oxygen atoms in total. The van der Waals surface area contributed by atoms with Crippen molar-refractivity contribution in [3.63, 3.8) is 0 Å². The maximum Gasteiger partial charge on any atom is 0.0965 e. The maximum absolute atomic E-state index is 8.63. The molecule has 0 saturated heterocycles. The first-order valence-electron chi connectivity index (χ1n) is 4.23. The summed E-state index contributed by atoms with van der Waals surface area (Å²) in [5, 5.41) is 11.9. The van der Waals surface area contributed by atoms with Gasteiger partial charge in [0.15, 0.2) is 0 Å². The largest absolute Gasteiger partial charge is 0.396 e. The van der Waals surface area contributed by atoms with E-state index in [0.717, 1.165) is 25.2 Å². The van der Waals surface area contributed by atoms with E-state index in [0.29, 0.717) is 6.04 Å². The molecule has 0 saturated carbocycles. The van der Waals surface area contributed by atoms with E-state index in [9.17, 15) is 0 Å². The number of nitrogens with zero attached hydrogens (tertiary/aromatic N) is 1. The van der Waals surface area contributed by atoms with Crippen LogP contribution in [0.15, 0.2) is 4.99 Å². The molecule has 1 atom stereocenters. The van der Waals surface area contributed by atoms with Crippen molar-refractivity contribution in [2.45, 2.75) is 32.2 Å². The van der Waals surface area contributed by atoms with Gasteiger partial charge in [0.1, 0.15) is 0 Å². The second-order valence-corrected chi connectivity index (χ2v) is 2.99. The number of hydrogen-bond acceptors (Lipinski definition) is 3. The van der Waals surface area contributed by atoms with Gasteiger partial charge in [0, 0.05) is 25.6 Å². The van der Waals surface area contributed by atoms with E-state index in [1.54, 1.807) is 0 Å². The molecule has 0 aromatic heterocycles. The monoisotopic (exact) mass is 156 g/mol. The Morgan fingerprint density at radius 1 is 1.73 bits per heavy atom. The van der Waals surface area contributed by atoms with Gasteiger partial charge in [0.2, 0.25) is 0 Å². The zero-order valence-electron chi connectivity index (χ0n) is 7.01. The first kappa shape index (κ1) is 8.53. The number of nitrogens with one attached hydrogen (secondary N) is 1. The first-order chi connectivity index (χ1) is 5.33. The van der Waals surface area contributed by atoms with Crippen LogP contribution < -0.4 is 5.32 Å². The predicted octanol–water partition coefficient (Wildman–Crippen LogP) is 0.539. The van der Waals surface area contributed by atoms with E-state index in [1.807, 2.05) is 0 Å². The Kier molecular flexibility index (Phi) is 3.36. The Bertz CT molecular complexity index is 145. The summed E-state index contributed by atoms with van der Waals surface area (Å²) in [6, 6.07) is 0.358. The Hall–Kier alpha value is -0.570. The van der Waals surface area contributed by atoms with Crippen LogP contribution in [0.4, 0.5) is 0 Å². The summed E-state index contributed by atoms with van der Waals surface area (Å²) >= 11 is 0. The third kappa shape index (κ3) is 2.89. The second-order valence-electron chi connectivity index (χ2n) is 2.99. The van der Waals surface area contributed by atoms with Crippen LogP contribution >= 0.6 is 0 Å². The molecule has 0 spiro atoms. The lowest BCUT2D eigenvalue weighted by molar-refractivity contribution is 0.275. The van der Waals surface area contributed by atoms with Gasteiger partial charge in [-0.15, -0.1) is 0 Å². The number of aliphatic hydroxyl groups is 1. The number of rotatable bonds is 3. The van der Waals surface area contributed by atoms with Crippen molar-refractivity contribution in [3.05, 3.63) is 0 Å². The zero-order chi connectivity index (χ0) is 8.10. The average Bonchev–Trinajstić information content (AvgIpc) is 2.40. The number of hydrogen-bond donors (Lipinski definition) is 2. The van der Waals surface area contributed by atoms with Gasteiger partial charge in [0.25, 0.3) is 0 Å². The summed E-state index contributed by atoms with van der Waals surface area (Å²) in [5.74, 6) is 1.12. The molecule has 0 radical (unpaired) electrons. The highest BCUT2D eigenvalue weighted by molar-refractivity contribution is 5.83. The van der Waals surface area contributed by atoms with Crippen molar-refractivity contribution in [1.29, 1.82) is 0 Å². The third-order valence-corrected chi connectivity index (χ3v) is 1.85. The Morgan fingerprint density at radius 2 is 2.55 bits per heavy atom. The molecule has 11 heavy (non-hydrogen) atoms. The van der Waals surface area contributed by atoms with Crippen molar-refractivity contribution in [2.24, 2.45) is 4.99 Å². The molecular weight excluding hydrogens is 140 g/mol.